The second-order valence-corrected chi connectivity index (χ2v) is 6.03. The molecule has 0 aromatic heterocycles. The lowest BCUT2D eigenvalue weighted by Crippen LogP contribution is -2.24. The lowest BCUT2D eigenvalue weighted by atomic mass is 10.0. The van der Waals surface area contributed by atoms with Crippen LogP contribution in [0, 0.1) is 5.92 Å². The van der Waals surface area contributed by atoms with Crippen molar-refractivity contribution in [1.82, 2.24) is 5.32 Å². The standard InChI is InChI=1S/C16H24ClNO2/c1-12(2)18-10-14-15(17)4-3-5-16(14)20-11-13-6-8-19-9-7-13/h3-5,12-13,18H,6-11H2,1-2H3. The van der Waals surface area contributed by atoms with Crippen molar-refractivity contribution in [2.24, 2.45) is 5.92 Å². The molecule has 0 aliphatic carbocycles. The molecule has 1 aliphatic rings. The normalized spacial score (nSPS) is 16.6. The minimum Gasteiger partial charge on any atom is -0.493 e. The van der Waals surface area contributed by atoms with E-state index in [0.717, 1.165) is 55.5 Å². The highest BCUT2D eigenvalue weighted by Gasteiger charge is 2.16. The fourth-order valence-corrected chi connectivity index (χ4v) is 2.51. The smallest absolute Gasteiger partial charge is 0.125 e. The predicted molar refractivity (Wildman–Crippen MR) is 82.5 cm³/mol. The quantitative estimate of drug-likeness (QED) is 0.869. The molecule has 0 amide bonds. The molecular weight excluding hydrogens is 274 g/mol. The van der Waals surface area contributed by atoms with E-state index in [2.05, 4.69) is 19.2 Å². The Balaban J connectivity index is 1.96. The van der Waals surface area contributed by atoms with Gasteiger partial charge in [-0.3, -0.25) is 0 Å². The molecule has 2 rings (SSSR count). The summed E-state index contributed by atoms with van der Waals surface area (Å²) in [6.07, 6.45) is 2.17. The van der Waals surface area contributed by atoms with Crippen molar-refractivity contribution in [2.75, 3.05) is 19.8 Å². The van der Waals surface area contributed by atoms with Gasteiger partial charge in [-0.05, 0) is 30.9 Å². The van der Waals surface area contributed by atoms with Crippen LogP contribution in [0.5, 0.6) is 5.75 Å². The van der Waals surface area contributed by atoms with Gasteiger partial charge in [0.15, 0.2) is 0 Å². The highest BCUT2D eigenvalue weighted by molar-refractivity contribution is 6.31. The lowest BCUT2D eigenvalue weighted by molar-refractivity contribution is 0.0496. The molecular formula is C16H24ClNO2. The summed E-state index contributed by atoms with van der Waals surface area (Å²) in [6, 6.07) is 6.29. The molecule has 1 N–H and O–H groups in total. The van der Waals surface area contributed by atoms with Crippen molar-refractivity contribution in [1.29, 1.82) is 0 Å². The molecule has 1 saturated heterocycles. The van der Waals surface area contributed by atoms with E-state index in [1.54, 1.807) is 0 Å². The summed E-state index contributed by atoms with van der Waals surface area (Å²) >= 11 is 6.29. The fourth-order valence-electron chi connectivity index (χ4n) is 2.27. The van der Waals surface area contributed by atoms with Gasteiger partial charge in [0.25, 0.3) is 0 Å². The van der Waals surface area contributed by atoms with E-state index in [1.165, 1.54) is 0 Å². The molecule has 0 atom stereocenters. The summed E-state index contributed by atoms with van der Waals surface area (Å²) in [6.45, 7) is 7.44. The molecule has 4 heteroatoms. The van der Waals surface area contributed by atoms with Crippen molar-refractivity contribution in [3.8, 4) is 5.75 Å². The monoisotopic (exact) mass is 297 g/mol. The van der Waals surface area contributed by atoms with Gasteiger partial charge in [0.05, 0.1) is 6.61 Å². The Kier molecular flexibility index (Phi) is 6.14. The number of benzene rings is 1. The van der Waals surface area contributed by atoms with Crippen LogP contribution < -0.4 is 10.1 Å². The van der Waals surface area contributed by atoms with Crippen LogP contribution in [0.15, 0.2) is 18.2 Å². The minimum absolute atomic E-state index is 0.426. The Bertz CT molecular complexity index is 417. The number of hydrogen-bond acceptors (Lipinski definition) is 3. The first-order valence-corrected chi connectivity index (χ1v) is 7.76. The summed E-state index contributed by atoms with van der Waals surface area (Å²) in [5.74, 6) is 1.49. The summed E-state index contributed by atoms with van der Waals surface area (Å²) in [4.78, 5) is 0. The number of rotatable bonds is 6. The maximum absolute atomic E-state index is 6.29. The molecule has 0 bridgehead atoms. The summed E-state index contributed by atoms with van der Waals surface area (Å²) in [7, 11) is 0. The van der Waals surface area contributed by atoms with Crippen molar-refractivity contribution in [3.05, 3.63) is 28.8 Å². The molecule has 1 fully saturated rings. The Morgan fingerprint density at radius 3 is 2.80 bits per heavy atom. The van der Waals surface area contributed by atoms with E-state index in [0.29, 0.717) is 12.0 Å². The van der Waals surface area contributed by atoms with Gasteiger partial charge in [-0.15, -0.1) is 0 Å². The molecule has 112 valence electrons. The van der Waals surface area contributed by atoms with Gasteiger partial charge in [-0.25, -0.2) is 0 Å². The lowest BCUT2D eigenvalue weighted by Gasteiger charge is -2.23. The van der Waals surface area contributed by atoms with Crippen molar-refractivity contribution >= 4 is 11.6 Å². The topological polar surface area (TPSA) is 30.5 Å². The molecule has 0 spiro atoms. The van der Waals surface area contributed by atoms with E-state index in [4.69, 9.17) is 21.1 Å². The summed E-state index contributed by atoms with van der Waals surface area (Å²) in [5.41, 5.74) is 1.05. The molecule has 0 unspecified atom stereocenters. The van der Waals surface area contributed by atoms with E-state index >= 15 is 0 Å². The van der Waals surface area contributed by atoms with E-state index in [-0.39, 0.29) is 0 Å². The zero-order valence-electron chi connectivity index (χ0n) is 12.3. The highest BCUT2D eigenvalue weighted by atomic mass is 35.5. The van der Waals surface area contributed by atoms with Crippen molar-refractivity contribution < 1.29 is 9.47 Å². The Hall–Kier alpha value is -0.770. The Labute approximate surface area is 126 Å². The van der Waals surface area contributed by atoms with Gasteiger partial charge >= 0.3 is 0 Å². The van der Waals surface area contributed by atoms with Crippen LogP contribution in [0.25, 0.3) is 0 Å². The first-order valence-electron chi connectivity index (χ1n) is 7.38. The van der Waals surface area contributed by atoms with Crippen LogP contribution in [0.2, 0.25) is 5.02 Å². The van der Waals surface area contributed by atoms with Crippen LogP contribution >= 0.6 is 11.6 Å². The predicted octanol–water partition coefficient (Wildman–Crippen LogP) is 3.64. The van der Waals surface area contributed by atoms with Crippen LogP contribution in [0.1, 0.15) is 32.3 Å². The van der Waals surface area contributed by atoms with Gasteiger partial charge in [-0.1, -0.05) is 31.5 Å². The number of nitrogens with one attached hydrogen (secondary N) is 1. The third kappa shape index (κ3) is 4.65. The zero-order valence-corrected chi connectivity index (χ0v) is 13.1. The second-order valence-electron chi connectivity index (χ2n) is 5.62. The SMILES string of the molecule is CC(C)NCc1c(Cl)cccc1OCC1CCOCC1. The van der Waals surface area contributed by atoms with E-state index in [9.17, 15) is 0 Å². The number of halogens is 1. The Morgan fingerprint density at radius 2 is 2.10 bits per heavy atom. The maximum atomic E-state index is 6.29. The van der Waals surface area contributed by atoms with Crippen LogP contribution in [-0.4, -0.2) is 25.9 Å². The summed E-state index contributed by atoms with van der Waals surface area (Å²) < 4.78 is 11.4. The largest absolute Gasteiger partial charge is 0.493 e. The average molecular weight is 298 g/mol. The highest BCUT2D eigenvalue weighted by Crippen LogP contribution is 2.27. The minimum atomic E-state index is 0.426. The molecule has 20 heavy (non-hydrogen) atoms. The van der Waals surface area contributed by atoms with Gasteiger partial charge < -0.3 is 14.8 Å². The average Bonchev–Trinajstić information content (AvgIpc) is 2.45. The molecule has 3 nitrogen and oxygen atoms in total. The van der Waals surface area contributed by atoms with E-state index in [1.807, 2.05) is 18.2 Å². The van der Waals surface area contributed by atoms with E-state index < -0.39 is 0 Å². The van der Waals surface area contributed by atoms with Gasteiger partial charge in [-0.2, -0.15) is 0 Å². The Morgan fingerprint density at radius 1 is 1.35 bits per heavy atom. The van der Waals surface area contributed by atoms with Crippen LogP contribution in [0.4, 0.5) is 0 Å². The van der Waals surface area contributed by atoms with Crippen molar-refractivity contribution in [3.63, 3.8) is 0 Å². The number of ether oxygens (including phenoxy) is 2. The molecule has 1 aromatic rings. The number of hydrogen-bond donors (Lipinski definition) is 1. The maximum Gasteiger partial charge on any atom is 0.125 e. The molecule has 0 saturated carbocycles. The molecule has 0 radical (unpaired) electrons. The summed E-state index contributed by atoms with van der Waals surface area (Å²) in [5, 5.41) is 4.16. The first kappa shape index (κ1) is 15.6. The molecule has 1 aliphatic heterocycles. The second kappa shape index (κ2) is 7.87. The third-order valence-electron chi connectivity index (χ3n) is 3.58. The third-order valence-corrected chi connectivity index (χ3v) is 3.93. The molecule has 1 heterocycles. The van der Waals surface area contributed by atoms with Gasteiger partial charge in [0.2, 0.25) is 0 Å². The van der Waals surface area contributed by atoms with Crippen LogP contribution in [0.3, 0.4) is 0 Å². The first-order chi connectivity index (χ1) is 9.66. The van der Waals surface area contributed by atoms with Gasteiger partial charge in [0, 0.05) is 36.4 Å². The fraction of sp³-hybridized carbons (Fsp3) is 0.625. The van der Waals surface area contributed by atoms with Gasteiger partial charge in [0.1, 0.15) is 5.75 Å². The molecule has 1 aromatic carbocycles. The van der Waals surface area contributed by atoms with Crippen molar-refractivity contribution in [2.45, 2.75) is 39.3 Å². The van der Waals surface area contributed by atoms with Crippen LogP contribution in [-0.2, 0) is 11.3 Å². The zero-order chi connectivity index (χ0) is 14.4.